The Hall–Kier alpha value is -3.35. The van der Waals surface area contributed by atoms with Crippen LogP contribution in [-0.2, 0) is 0 Å². The van der Waals surface area contributed by atoms with Gasteiger partial charge in [0.1, 0.15) is 5.75 Å². The van der Waals surface area contributed by atoms with Crippen molar-refractivity contribution < 1.29 is 19.6 Å². The molecule has 2 N–H and O–H groups in total. The molecular weight excluding hydrogens is 348 g/mol. The fourth-order valence-corrected chi connectivity index (χ4v) is 4.19. The Balaban J connectivity index is 1.88. The molecule has 0 radical (unpaired) electrons. The number of non-ortho nitro benzene ring substituents is 1. The van der Waals surface area contributed by atoms with Crippen molar-refractivity contribution in [2.45, 2.75) is 18.4 Å². The number of nitrogens with zero attached hydrogens (tertiary/aromatic N) is 1. The van der Waals surface area contributed by atoms with Gasteiger partial charge in [0.15, 0.2) is 0 Å². The van der Waals surface area contributed by atoms with Gasteiger partial charge in [-0.15, -0.1) is 0 Å². The molecule has 7 heteroatoms. The SMILES string of the molecule is COc1cc([N+](=O)[O-])cc2c1N[C@H](c1ccccc1C(=O)O)[C@@H]1CC=C[C@H]21. The molecule has 2 aromatic rings. The highest BCUT2D eigenvalue weighted by Gasteiger charge is 2.41. The lowest BCUT2D eigenvalue weighted by Crippen LogP contribution is -2.30. The zero-order valence-corrected chi connectivity index (χ0v) is 14.6. The molecule has 1 aliphatic carbocycles. The number of methoxy groups -OCH3 is 1. The van der Waals surface area contributed by atoms with Crippen LogP contribution in [0.1, 0.15) is 39.9 Å². The molecule has 4 rings (SSSR count). The summed E-state index contributed by atoms with van der Waals surface area (Å²) in [5.74, 6) is -0.557. The number of aromatic carboxylic acids is 1. The van der Waals surface area contributed by atoms with E-state index in [2.05, 4.69) is 5.32 Å². The molecule has 0 saturated carbocycles. The fraction of sp³-hybridized carbons (Fsp3) is 0.250. The van der Waals surface area contributed by atoms with Gasteiger partial charge in [0.2, 0.25) is 0 Å². The number of nitro groups is 1. The molecule has 1 heterocycles. The first-order valence-corrected chi connectivity index (χ1v) is 8.63. The Labute approximate surface area is 155 Å². The lowest BCUT2D eigenvalue weighted by Gasteiger charge is -2.38. The van der Waals surface area contributed by atoms with Crippen LogP contribution < -0.4 is 10.1 Å². The maximum atomic E-state index is 11.7. The smallest absolute Gasteiger partial charge is 0.336 e. The van der Waals surface area contributed by atoms with Gasteiger partial charge in [0, 0.05) is 12.0 Å². The quantitative estimate of drug-likeness (QED) is 0.479. The third kappa shape index (κ3) is 2.71. The number of fused-ring (bicyclic) bond motifs is 3. The van der Waals surface area contributed by atoms with Crippen LogP contribution >= 0.6 is 0 Å². The second-order valence-corrected chi connectivity index (χ2v) is 6.74. The van der Waals surface area contributed by atoms with E-state index in [0.717, 1.165) is 12.0 Å². The molecule has 2 aromatic carbocycles. The molecule has 1 aliphatic heterocycles. The first-order valence-electron chi connectivity index (χ1n) is 8.63. The second-order valence-electron chi connectivity index (χ2n) is 6.74. The van der Waals surface area contributed by atoms with Crippen LogP contribution in [0.25, 0.3) is 0 Å². The van der Waals surface area contributed by atoms with E-state index >= 15 is 0 Å². The van der Waals surface area contributed by atoms with Gasteiger partial charge in [-0.3, -0.25) is 10.1 Å². The Morgan fingerprint density at radius 3 is 2.78 bits per heavy atom. The van der Waals surface area contributed by atoms with Crippen LogP contribution in [0.5, 0.6) is 5.75 Å². The average Bonchev–Trinajstić information content (AvgIpc) is 3.16. The molecule has 0 spiro atoms. The van der Waals surface area contributed by atoms with Crippen molar-refractivity contribution in [2.24, 2.45) is 5.92 Å². The van der Waals surface area contributed by atoms with Crippen molar-refractivity contribution in [3.05, 3.63) is 75.4 Å². The lowest BCUT2D eigenvalue weighted by atomic mass is 9.76. The number of anilines is 1. The number of carbonyl (C=O) groups is 1. The van der Waals surface area contributed by atoms with E-state index in [1.807, 2.05) is 24.3 Å². The largest absolute Gasteiger partial charge is 0.494 e. The molecule has 0 saturated heterocycles. The average molecular weight is 366 g/mol. The number of hydrogen-bond acceptors (Lipinski definition) is 5. The minimum Gasteiger partial charge on any atom is -0.494 e. The van der Waals surface area contributed by atoms with Crippen LogP contribution in [0.15, 0.2) is 48.6 Å². The molecular formula is C20H18N2O5. The number of hydrogen-bond donors (Lipinski definition) is 2. The normalized spacial score (nSPS) is 22.5. The van der Waals surface area contributed by atoms with Crippen molar-refractivity contribution in [1.29, 1.82) is 0 Å². The number of nitrogens with one attached hydrogen (secondary N) is 1. The zero-order chi connectivity index (χ0) is 19.1. The lowest BCUT2D eigenvalue weighted by molar-refractivity contribution is -0.385. The predicted molar refractivity (Wildman–Crippen MR) is 99.4 cm³/mol. The second kappa shape index (κ2) is 6.42. The van der Waals surface area contributed by atoms with E-state index in [9.17, 15) is 20.0 Å². The fourth-order valence-electron chi connectivity index (χ4n) is 4.19. The summed E-state index contributed by atoms with van der Waals surface area (Å²) in [4.78, 5) is 22.6. The first-order chi connectivity index (χ1) is 13.0. The molecule has 0 unspecified atom stereocenters. The van der Waals surface area contributed by atoms with Crippen molar-refractivity contribution in [3.63, 3.8) is 0 Å². The van der Waals surface area contributed by atoms with Gasteiger partial charge in [-0.2, -0.15) is 0 Å². The summed E-state index contributed by atoms with van der Waals surface area (Å²) < 4.78 is 5.41. The number of allylic oxidation sites excluding steroid dienone is 2. The minimum absolute atomic E-state index is 0.0177. The van der Waals surface area contributed by atoms with Gasteiger partial charge < -0.3 is 15.2 Å². The molecule has 2 aliphatic rings. The number of ether oxygens (including phenoxy) is 1. The summed E-state index contributed by atoms with van der Waals surface area (Å²) >= 11 is 0. The molecule has 138 valence electrons. The van der Waals surface area contributed by atoms with E-state index in [1.54, 1.807) is 18.2 Å². The standard InChI is InChI=1S/C20H18N2O5/c1-27-17-10-11(22(25)26)9-16-12-7-4-8-13(12)18(21-19(16)17)14-5-2-3-6-15(14)20(23)24/h2-7,9-10,12-13,18,21H,8H2,1H3,(H,23,24)/t12-,13+,18-/m0/s1. The third-order valence-electron chi connectivity index (χ3n) is 5.37. The number of carboxylic acids is 1. The number of rotatable bonds is 4. The Morgan fingerprint density at radius 1 is 1.30 bits per heavy atom. The molecule has 0 fully saturated rings. The predicted octanol–water partition coefficient (Wildman–Crippen LogP) is 4.13. The van der Waals surface area contributed by atoms with Crippen LogP contribution in [0.3, 0.4) is 0 Å². The summed E-state index contributed by atoms with van der Waals surface area (Å²) in [6, 6.07) is 9.68. The third-order valence-corrected chi connectivity index (χ3v) is 5.37. The van der Waals surface area contributed by atoms with Crippen molar-refractivity contribution in [2.75, 3.05) is 12.4 Å². The van der Waals surface area contributed by atoms with Crippen LogP contribution in [0, 0.1) is 16.0 Å². The van der Waals surface area contributed by atoms with Gasteiger partial charge in [0.05, 0.1) is 35.4 Å². The van der Waals surface area contributed by atoms with Gasteiger partial charge in [-0.25, -0.2) is 4.79 Å². The number of benzene rings is 2. The number of nitro benzene ring substituents is 1. The van der Waals surface area contributed by atoms with Crippen LogP contribution in [0.4, 0.5) is 11.4 Å². The van der Waals surface area contributed by atoms with Crippen molar-refractivity contribution in [1.82, 2.24) is 0 Å². The number of carboxylic acid groups (broad SMARTS) is 1. The molecule has 27 heavy (non-hydrogen) atoms. The topological polar surface area (TPSA) is 102 Å². The van der Waals surface area contributed by atoms with E-state index in [-0.39, 0.29) is 29.1 Å². The zero-order valence-electron chi connectivity index (χ0n) is 14.6. The molecule has 0 bridgehead atoms. The van der Waals surface area contributed by atoms with Gasteiger partial charge in [0.25, 0.3) is 5.69 Å². The van der Waals surface area contributed by atoms with Crippen LogP contribution in [0.2, 0.25) is 0 Å². The summed E-state index contributed by atoms with van der Waals surface area (Å²) in [6.07, 6.45) is 4.86. The van der Waals surface area contributed by atoms with Gasteiger partial charge in [-0.1, -0.05) is 30.4 Å². The summed E-state index contributed by atoms with van der Waals surface area (Å²) in [5, 5.41) is 24.3. The van der Waals surface area contributed by atoms with E-state index in [4.69, 9.17) is 4.74 Å². The van der Waals surface area contributed by atoms with Crippen LogP contribution in [-0.4, -0.2) is 23.1 Å². The highest BCUT2D eigenvalue weighted by Crippen LogP contribution is 2.53. The summed E-state index contributed by atoms with van der Waals surface area (Å²) in [6.45, 7) is 0. The monoisotopic (exact) mass is 366 g/mol. The van der Waals surface area contributed by atoms with Gasteiger partial charge in [-0.05, 0) is 29.5 Å². The van der Waals surface area contributed by atoms with Crippen molar-refractivity contribution >= 4 is 17.3 Å². The highest BCUT2D eigenvalue weighted by atomic mass is 16.6. The molecule has 3 atom stereocenters. The van der Waals surface area contributed by atoms with E-state index in [0.29, 0.717) is 17.0 Å². The Morgan fingerprint density at radius 2 is 2.07 bits per heavy atom. The summed E-state index contributed by atoms with van der Waals surface area (Å²) in [7, 11) is 1.47. The maximum absolute atomic E-state index is 11.7. The molecule has 7 nitrogen and oxygen atoms in total. The van der Waals surface area contributed by atoms with E-state index < -0.39 is 10.9 Å². The Kier molecular flexibility index (Phi) is 4.07. The first kappa shape index (κ1) is 17.1. The molecule has 0 amide bonds. The van der Waals surface area contributed by atoms with Gasteiger partial charge >= 0.3 is 5.97 Å². The summed E-state index contributed by atoms with van der Waals surface area (Å²) in [5.41, 5.74) is 2.43. The maximum Gasteiger partial charge on any atom is 0.336 e. The Bertz CT molecular complexity index is 969. The van der Waals surface area contributed by atoms with Crippen molar-refractivity contribution in [3.8, 4) is 5.75 Å². The highest BCUT2D eigenvalue weighted by molar-refractivity contribution is 5.90. The van der Waals surface area contributed by atoms with E-state index in [1.165, 1.54) is 13.2 Å². The molecule has 0 aromatic heterocycles. The minimum atomic E-state index is -0.976.